The van der Waals surface area contributed by atoms with Crippen LogP contribution in [0.2, 0.25) is 0 Å². The molecule has 5 heteroatoms. The largest absolute Gasteiger partial charge is 0.369 e. The fourth-order valence-corrected chi connectivity index (χ4v) is 3.89. The van der Waals surface area contributed by atoms with Gasteiger partial charge in [0.05, 0.1) is 11.5 Å². The third kappa shape index (κ3) is 4.51. The first-order valence-corrected chi connectivity index (χ1v) is 9.86. The number of nitriles is 1. The first kappa shape index (κ1) is 19.9. The predicted molar refractivity (Wildman–Crippen MR) is 111 cm³/mol. The van der Waals surface area contributed by atoms with Gasteiger partial charge in [0, 0.05) is 31.2 Å². The van der Waals surface area contributed by atoms with Gasteiger partial charge < -0.3 is 10.2 Å². The highest BCUT2D eigenvalue weighted by atomic mass is 16.2. The van der Waals surface area contributed by atoms with Crippen LogP contribution >= 0.6 is 0 Å². The number of anilines is 1. The Kier molecular flexibility index (Phi) is 5.99. The second kappa shape index (κ2) is 8.43. The molecule has 2 atom stereocenters. The van der Waals surface area contributed by atoms with Gasteiger partial charge in [0.1, 0.15) is 11.9 Å². The van der Waals surface area contributed by atoms with Crippen LogP contribution in [0.15, 0.2) is 48.7 Å². The Labute approximate surface area is 167 Å². The topological polar surface area (TPSA) is 69.0 Å². The number of carbonyl (C=O) groups excluding carboxylic acids is 1. The van der Waals surface area contributed by atoms with Gasteiger partial charge in [-0.2, -0.15) is 5.26 Å². The van der Waals surface area contributed by atoms with Crippen molar-refractivity contribution in [1.29, 1.82) is 5.26 Å². The molecule has 1 fully saturated rings. The van der Waals surface area contributed by atoms with Crippen molar-refractivity contribution in [2.75, 3.05) is 25.0 Å². The third-order valence-corrected chi connectivity index (χ3v) is 5.55. The Morgan fingerprint density at radius 2 is 2.04 bits per heavy atom. The number of hydrogen-bond donors (Lipinski definition) is 1. The van der Waals surface area contributed by atoms with Crippen molar-refractivity contribution in [2.45, 2.75) is 33.1 Å². The average Bonchev–Trinajstić information content (AvgIpc) is 3.10. The van der Waals surface area contributed by atoms with E-state index in [1.807, 2.05) is 29.2 Å². The Balaban J connectivity index is 1.64. The maximum absolute atomic E-state index is 13.3. The van der Waals surface area contributed by atoms with Gasteiger partial charge in [-0.05, 0) is 30.0 Å². The molecule has 1 aliphatic heterocycles. The summed E-state index contributed by atoms with van der Waals surface area (Å²) in [6, 6.07) is 15.7. The maximum atomic E-state index is 13.3. The number of hydrogen-bond acceptors (Lipinski definition) is 4. The van der Waals surface area contributed by atoms with Crippen LogP contribution in [0.25, 0.3) is 0 Å². The maximum Gasteiger partial charge on any atom is 0.230 e. The van der Waals surface area contributed by atoms with E-state index in [1.54, 1.807) is 12.3 Å². The van der Waals surface area contributed by atoms with Crippen LogP contribution in [-0.2, 0) is 4.79 Å². The fourth-order valence-electron chi connectivity index (χ4n) is 3.89. The third-order valence-electron chi connectivity index (χ3n) is 5.55. The number of nitrogens with one attached hydrogen (secondary N) is 1. The zero-order valence-electron chi connectivity index (χ0n) is 16.9. The first-order chi connectivity index (χ1) is 13.4. The van der Waals surface area contributed by atoms with Crippen molar-refractivity contribution < 1.29 is 4.79 Å². The van der Waals surface area contributed by atoms with Crippen LogP contribution in [0.1, 0.15) is 44.2 Å². The van der Waals surface area contributed by atoms with Gasteiger partial charge in [0.25, 0.3) is 0 Å². The number of likely N-dealkylation sites (tertiary alicyclic amines) is 1. The number of nitrogens with zero attached hydrogens (tertiary/aromatic N) is 3. The molecule has 1 aromatic heterocycles. The Bertz CT molecular complexity index is 841. The molecule has 2 unspecified atom stereocenters. The van der Waals surface area contributed by atoms with E-state index in [0.717, 1.165) is 37.4 Å². The standard InChI is InChI=1S/C23H28N4O/c1-17(2)21(19-7-5-4-6-8-19)22(28)27-12-11-23(3,16-27)15-26-20-10-9-18(13-24)14-25-20/h4-10,14,17,21H,11-12,15-16H2,1-3H3,(H,25,26). The number of pyridine rings is 1. The Morgan fingerprint density at radius 3 is 2.64 bits per heavy atom. The number of aromatic nitrogens is 1. The zero-order chi connectivity index (χ0) is 20.1. The summed E-state index contributed by atoms with van der Waals surface area (Å²) in [5.74, 6) is 1.13. The van der Waals surface area contributed by atoms with Crippen LogP contribution < -0.4 is 5.32 Å². The van der Waals surface area contributed by atoms with E-state index in [1.165, 1.54) is 0 Å². The molecule has 1 amide bonds. The van der Waals surface area contributed by atoms with Crippen molar-refractivity contribution in [3.8, 4) is 6.07 Å². The van der Waals surface area contributed by atoms with E-state index in [-0.39, 0.29) is 23.2 Å². The van der Waals surface area contributed by atoms with Gasteiger partial charge >= 0.3 is 0 Å². The van der Waals surface area contributed by atoms with E-state index in [4.69, 9.17) is 5.26 Å². The molecule has 3 rings (SSSR count). The molecule has 0 radical (unpaired) electrons. The van der Waals surface area contributed by atoms with Crippen molar-refractivity contribution in [2.24, 2.45) is 11.3 Å². The second-order valence-corrected chi connectivity index (χ2v) is 8.35. The number of carbonyl (C=O) groups is 1. The minimum Gasteiger partial charge on any atom is -0.369 e. The lowest BCUT2D eigenvalue weighted by molar-refractivity contribution is -0.133. The molecule has 1 N–H and O–H groups in total. The van der Waals surface area contributed by atoms with Crippen LogP contribution in [0.5, 0.6) is 0 Å². The van der Waals surface area contributed by atoms with Crippen LogP contribution in [0, 0.1) is 22.7 Å². The van der Waals surface area contributed by atoms with Crippen LogP contribution in [0.4, 0.5) is 5.82 Å². The Morgan fingerprint density at radius 1 is 1.29 bits per heavy atom. The SMILES string of the molecule is CC(C)C(C(=O)N1CCC(C)(CNc2ccc(C#N)cn2)C1)c1ccccc1. The summed E-state index contributed by atoms with van der Waals surface area (Å²) in [5, 5.41) is 12.2. The van der Waals surface area contributed by atoms with Gasteiger partial charge in [-0.3, -0.25) is 4.79 Å². The molecular weight excluding hydrogens is 348 g/mol. The van der Waals surface area contributed by atoms with E-state index in [9.17, 15) is 4.79 Å². The highest BCUT2D eigenvalue weighted by Gasteiger charge is 2.39. The van der Waals surface area contributed by atoms with E-state index in [0.29, 0.717) is 5.56 Å². The van der Waals surface area contributed by atoms with Gasteiger partial charge in [0.15, 0.2) is 0 Å². The predicted octanol–water partition coefficient (Wildman–Crippen LogP) is 4.04. The molecule has 0 spiro atoms. The van der Waals surface area contributed by atoms with Crippen molar-refractivity contribution in [3.05, 3.63) is 59.8 Å². The zero-order valence-corrected chi connectivity index (χ0v) is 16.9. The summed E-state index contributed by atoms with van der Waals surface area (Å²) in [6.07, 6.45) is 2.53. The summed E-state index contributed by atoms with van der Waals surface area (Å²) < 4.78 is 0. The molecule has 2 heterocycles. The van der Waals surface area contributed by atoms with Gasteiger partial charge in [-0.1, -0.05) is 51.1 Å². The highest BCUT2D eigenvalue weighted by Crippen LogP contribution is 2.34. The lowest BCUT2D eigenvalue weighted by atomic mass is 9.87. The molecule has 0 saturated carbocycles. The smallest absolute Gasteiger partial charge is 0.230 e. The highest BCUT2D eigenvalue weighted by molar-refractivity contribution is 5.84. The van der Waals surface area contributed by atoms with Crippen LogP contribution in [0.3, 0.4) is 0 Å². The molecule has 1 saturated heterocycles. The van der Waals surface area contributed by atoms with Crippen molar-refractivity contribution >= 4 is 11.7 Å². The molecule has 28 heavy (non-hydrogen) atoms. The van der Waals surface area contributed by atoms with Crippen molar-refractivity contribution in [3.63, 3.8) is 0 Å². The normalized spacial score (nSPS) is 20.0. The fraction of sp³-hybridized carbons (Fsp3) is 0.435. The lowest BCUT2D eigenvalue weighted by Gasteiger charge is -2.29. The van der Waals surface area contributed by atoms with Gasteiger partial charge in [-0.15, -0.1) is 0 Å². The molecule has 1 aliphatic rings. The van der Waals surface area contributed by atoms with Gasteiger partial charge in [-0.25, -0.2) is 4.98 Å². The summed E-state index contributed by atoms with van der Waals surface area (Å²) >= 11 is 0. The molecule has 1 aromatic carbocycles. The van der Waals surface area contributed by atoms with E-state index < -0.39 is 0 Å². The monoisotopic (exact) mass is 376 g/mol. The summed E-state index contributed by atoms with van der Waals surface area (Å²) in [6.45, 7) is 8.71. The van der Waals surface area contributed by atoms with Gasteiger partial charge in [0.2, 0.25) is 5.91 Å². The molecule has 0 aliphatic carbocycles. The quantitative estimate of drug-likeness (QED) is 0.826. The molecule has 5 nitrogen and oxygen atoms in total. The minimum atomic E-state index is -0.100. The number of benzene rings is 1. The minimum absolute atomic E-state index is 0.00343. The molecule has 2 aromatic rings. The average molecular weight is 377 g/mol. The van der Waals surface area contributed by atoms with Crippen LogP contribution in [-0.4, -0.2) is 35.4 Å². The van der Waals surface area contributed by atoms with E-state index >= 15 is 0 Å². The molecule has 0 bridgehead atoms. The molecule has 146 valence electrons. The molecular formula is C23H28N4O. The second-order valence-electron chi connectivity index (χ2n) is 8.35. The number of rotatable bonds is 6. The Hall–Kier alpha value is -2.87. The first-order valence-electron chi connectivity index (χ1n) is 9.86. The summed E-state index contributed by atoms with van der Waals surface area (Å²) in [5.41, 5.74) is 1.65. The summed E-state index contributed by atoms with van der Waals surface area (Å²) in [7, 11) is 0. The van der Waals surface area contributed by atoms with E-state index in [2.05, 4.69) is 49.3 Å². The number of amides is 1. The lowest BCUT2D eigenvalue weighted by Crippen LogP contribution is -2.38. The van der Waals surface area contributed by atoms with Crippen molar-refractivity contribution in [1.82, 2.24) is 9.88 Å². The summed E-state index contributed by atoms with van der Waals surface area (Å²) in [4.78, 5) is 19.6.